The largest absolute Gasteiger partial charge is 0.490 e. The first-order chi connectivity index (χ1) is 19.0. The van der Waals surface area contributed by atoms with Gasteiger partial charge in [-0.3, -0.25) is 4.79 Å². The van der Waals surface area contributed by atoms with Crippen LogP contribution < -0.4 is 15.0 Å². The van der Waals surface area contributed by atoms with Crippen LogP contribution in [0.2, 0.25) is 5.02 Å². The zero-order chi connectivity index (χ0) is 28.5. The summed E-state index contributed by atoms with van der Waals surface area (Å²) in [5.41, 5.74) is 0.263. The minimum absolute atomic E-state index is 0.0398. The van der Waals surface area contributed by atoms with E-state index >= 15 is 0 Å². The normalized spacial score (nSPS) is 21.9. The summed E-state index contributed by atoms with van der Waals surface area (Å²) in [6, 6.07) is 5.16. The molecule has 1 N–H and O–H groups in total. The number of halogens is 1. The second kappa shape index (κ2) is 11.1. The molecule has 2 aromatic rings. The Morgan fingerprint density at radius 3 is 2.50 bits per heavy atom. The first-order valence-corrected chi connectivity index (χ1v) is 14.1. The van der Waals surface area contributed by atoms with Gasteiger partial charge in [0.15, 0.2) is 0 Å². The molecule has 3 aliphatic rings. The molecule has 1 spiro atoms. The lowest BCUT2D eigenvalue weighted by atomic mass is 9.79. The molecule has 1 aromatic carbocycles. The highest BCUT2D eigenvalue weighted by Gasteiger charge is 2.49. The molecule has 2 saturated heterocycles. The molecule has 1 aliphatic carbocycles. The van der Waals surface area contributed by atoms with Gasteiger partial charge in [-0.1, -0.05) is 17.7 Å². The number of hydrogen-bond donors (Lipinski definition) is 1. The second-order valence-corrected chi connectivity index (χ2v) is 12.5. The Bertz CT molecular complexity index is 1290. The third kappa shape index (κ3) is 6.41. The number of hydrogen-bond acceptors (Lipinski definition) is 7. The molecule has 1 saturated carbocycles. The van der Waals surface area contributed by atoms with E-state index in [0.29, 0.717) is 35.2 Å². The summed E-state index contributed by atoms with van der Waals surface area (Å²) in [7, 11) is 0. The van der Waals surface area contributed by atoms with Crippen LogP contribution in [0.4, 0.5) is 16.3 Å². The van der Waals surface area contributed by atoms with Crippen LogP contribution in [0.1, 0.15) is 63.4 Å². The number of carbonyl (C=O) groups is 2. The van der Waals surface area contributed by atoms with Crippen LogP contribution in [0.25, 0.3) is 4.85 Å². The second-order valence-electron chi connectivity index (χ2n) is 12.1. The third-order valence-corrected chi connectivity index (χ3v) is 7.99. The van der Waals surface area contributed by atoms with Crippen LogP contribution >= 0.6 is 11.6 Å². The molecule has 2 amide bonds. The van der Waals surface area contributed by atoms with Gasteiger partial charge < -0.3 is 24.6 Å². The summed E-state index contributed by atoms with van der Waals surface area (Å²) >= 11 is 6.11. The average molecular weight is 567 g/mol. The lowest BCUT2D eigenvalue weighted by Crippen LogP contribution is -2.58. The number of rotatable bonds is 5. The van der Waals surface area contributed by atoms with Gasteiger partial charge in [0.1, 0.15) is 22.9 Å². The first-order valence-electron chi connectivity index (χ1n) is 13.7. The van der Waals surface area contributed by atoms with E-state index in [1.165, 1.54) is 6.20 Å². The molecular weight excluding hydrogens is 532 g/mol. The average Bonchev–Trinajstić information content (AvgIpc) is 3.35. The maximum atomic E-state index is 12.8. The predicted octanol–water partition coefficient (Wildman–Crippen LogP) is 5.25. The topological polar surface area (TPSA) is 101 Å². The zero-order valence-electron chi connectivity index (χ0n) is 23.2. The maximum Gasteiger partial charge on any atom is 0.410 e. The maximum absolute atomic E-state index is 12.8. The van der Waals surface area contributed by atoms with Crippen LogP contribution in [-0.4, -0.2) is 70.8 Å². The Kier molecular flexibility index (Phi) is 7.78. The molecule has 212 valence electrons. The molecule has 5 rings (SSSR count). The Labute approximate surface area is 239 Å². The fourth-order valence-electron chi connectivity index (χ4n) is 5.63. The highest BCUT2D eigenvalue weighted by atomic mass is 35.5. The van der Waals surface area contributed by atoms with Crippen LogP contribution in [0, 0.1) is 12.0 Å². The van der Waals surface area contributed by atoms with Gasteiger partial charge in [-0.2, -0.15) is 0 Å². The van der Waals surface area contributed by atoms with E-state index in [1.807, 2.05) is 20.8 Å². The van der Waals surface area contributed by atoms with E-state index in [9.17, 15) is 9.59 Å². The smallest absolute Gasteiger partial charge is 0.410 e. The molecule has 10 nitrogen and oxygen atoms in total. The summed E-state index contributed by atoms with van der Waals surface area (Å²) in [6.45, 7) is 15.7. The molecule has 2 aliphatic heterocycles. The Hall–Kier alpha value is -3.58. The Morgan fingerprint density at radius 1 is 1.12 bits per heavy atom. The van der Waals surface area contributed by atoms with E-state index < -0.39 is 5.60 Å². The van der Waals surface area contributed by atoms with Crippen LogP contribution in [-0.2, 0) is 4.74 Å². The van der Waals surface area contributed by atoms with E-state index in [4.69, 9.17) is 27.6 Å². The number of carbonyl (C=O) groups excluding carboxylic acids is 2. The SMILES string of the molecule is [C-]#[N+]c1ccc(OC2CCC(NC(=O)c3cnc(N4CC5(CCN(C(=O)OC(C)(C)C)C5)C4)cn3)CC2)cc1Cl. The number of likely N-dealkylation sites (tertiary alicyclic amines) is 1. The van der Waals surface area contributed by atoms with Crippen molar-refractivity contribution >= 4 is 35.1 Å². The minimum Gasteiger partial charge on any atom is -0.490 e. The molecule has 0 atom stereocenters. The number of ether oxygens (including phenoxy) is 2. The van der Waals surface area contributed by atoms with Gasteiger partial charge in [0, 0.05) is 37.6 Å². The summed E-state index contributed by atoms with van der Waals surface area (Å²) < 4.78 is 11.6. The lowest BCUT2D eigenvalue weighted by Gasteiger charge is -2.48. The van der Waals surface area contributed by atoms with Crippen molar-refractivity contribution in [3.8, 4) is 5.75 Å². The number of benzene rings is 1. The van der Waals surface area contributed by atoms with E-state index in [2.05, 4.69) is 25.0 Å². The van der Waals surface area contributed by atoms with Gasteiger partial charge in [0.2, 0.25) is 5.69 Å². The first kappa shape index (κ1) is 28.0. The lowest BCUT2D eigenvalue weighted by molar-refractivity contribution is 0.0265. The summed E-state index contributed by atoms with van der Waals surface area (Å²) in [5.74, 6) is 1.16. The van der Waals surface area contributed by atoms with E-state index in [-0.39, 0.29) is 29.6 Å². The van der Waals surface area contributed by atoms with Crippen LogP contribution in [0.15, 0.2) is 30.6 Å². The fourth-order valence-corrected chi connectivity index (χ4v) is 5.84. The number of anilines is 1. The highest BCUT2D eigenvalue weighted by Crippen LogP contribution is 2.41. The van der Waals surface area contributed by atoms with Gasteiger partial charge in [-0.25, -0.2) is 19.6 Å². The molecule has 0 unspecified atom stereocenters. The van der Waals surface area contributed by atoms with Crippen molar-refractivity contribution in [2.45, 2.75) is 70.6 Å². The molecule has 0 radical (unpaired) electrons. The van der Waals surface area contributed by atoms with Crippen molar-refractivity contribution in [2.24, 2.45) is 5.41 Å². The van der Waals surface area contributed by atoms with Gasteiger partial charge in [-0.15, -0.1) is 0 Å². The molecule has 40 heavy (non-hydrogen) atoms. The van der Waals surface area contributed by atoms with Crippen molar-refractivity contribution in [3.05, 3.63) is 52.7 Å². The quantitative estimate of drug-likeness (QED) is 0.493. The van der Waals surface area contributed by atoms with Gasteiger partial charge in [0.25, 0.3) is 5.91 Å². The van der Waals surface area contributed by atoms with Crippen molar-refractivity contribution in [1.29, 1.82) is 0 Å². The summed E-state index contributed by atoms with van der Waals surface area (Å²) in [4.78, 5) is 41.4. The molecule has 11 heteroatoms. The monoisotopic (exact) mass is 566 g/mol. The van der Waals surface area contributed by atoms with Crippen molar-refractivity contribution in [2.75, 3.05) is 31.1 Å². The Balaban J connectivity index is 1.06. The van der Waals surface area contributed by atoms with E-state index in [0.717, 1.165) is 51.0 Å². The number of nitrogens with one attached hydrogen (secondary N) is 1. The highest BCUT2D eigenvalue weighted by molar-refractivity contribution is 6.33. The fraction of sp³-hybridized carbons (Fsp3) is 0.552. The molecule has 3 heterocycles. The van der Waals surface area contributed by atoms with Crippen LogP contribution in [0.5, 0.6) is 5.75 Å². The summed E-state index contributed by atoms with van der Waals surface area (Å²) in [5, 5.41) is 3.46. The van der Waals surface area contributed by atoms with Gasteiger partial charge in [-0.05, 0) is 65.0 Å². The van der Waals surface area contributed by atoms with Crippen molar-refractivity contribution in [1.82, 2.24) is 20.2 Å². The van der Waals surface area contributed by atoms with Crippen molar-refractivity contribution < 1.29 is 19.1 Å². The Morgan fingerprint density at radius 2 is 1.88 bits per heavy atom. The zero-order valence-corrected chi connectivity index (χ0v) is 23.9. The number of nitrogens with zero attached hydrogens (tertiary/aromatic N) is 5. The molecule has 3 fully saturated rings. The van der Waals surface area contributed by atoms with Crippen molar-refractivity contribution in [3.63, 3.8) is 0 Å². The standard InChI is InChI=1S/C29H35ClN6O4/c1-28(2,3)40-27(38)35-12-11-29(16-35)17-36(18-29)25-15-32-24(14-33-25)26(37)34-19-5-7-20(8-6-19)39-21-9-10-23(31-4)22(30)13-21/h9-10,13-15,19-20H,5-8,11-12,16-18H2,1-3H3,(H,34,37). The molecule has 1 aromatic heterocycles. The molecular formula is C29H35ClN6O4. The van der Waals surface area contributed by atoms with Crippen LogP contribution in [0.3, 0.4) is 0 Å². The summed E-state index contributed by atoms with van der Waals surface area (Å²) in [6.07, 6.45) is 7.11. The third-order valence-electron chi connectivity index (χ3n) is 7.69. The van der Waals surface area contributed by atoms with Gasteiger partial charge in [0.05, 0.1) is 30.1 Å². The number of amides is 2. The molecule has 0 bridgehead atoms. The predicted molar refractivity (Wildman–Crippen MR) is 151 cm³/mol. The number of aromatic nitrogens is 2. The minimum atomic E-state index is -0.501. The van der Waals surface area contributed by atoms with E-state index in [1.54, 1.807) is 29.3 Å². The van der Waals surface area contributed by atoms with Gasteiger partial charge >= 0.3 is 6.09 Å².